The minimum atomic E-state index is 0.568. The Morgan fingerprint density at radius 1 is 1.33 bits per heavy atom. The van der Waals surface area contributed by atoms with E-state index in [4.69, 9.17) is 0 Å². The summed E-state index contributed by atoms with van der Waals surface area (Å²) in [5.74, 6) is 0.568. The highest BCUT2D eigenvalue weighted by molar-refractivity contribution is 9.10. The minimum Gasteiger partial charge on any atom is -0.313 e. The second-order valence-electron chi connectivity index (χ2n) is 5.99. The quantitative estimate of drug-likeness (QED) is 0.828. The molecule has 0 saturated heterocycles. The molecule has 1 aromatic carbocycles. The van der Waals surface area contributed by atoms with E-state index in [0.717, 1.165) is 29.9 Å². The molecule has 0 aliphatic heterocycles. The Kier molecular flexibility index (Phi) is 4.76. The molecule has 1 unspecified atom stereocenters. The van der Waals surface area contributed by atoms with Gasteiger partial charge in [-0.15, -0.1) is 0 Å². The van der Waals surface area contributed by atoms with Gasteiger partial charge in [-0.1, -0.05) is 28.1 Å². The Balaban J connectivity index is 1.63. The van der Waals surface area contributed by atoms with Gasteiger partial charge in [0.1, 0.15) is 0 Å². The van der Waals surface area contributed by atoms with Crippen LogP contribution >= 0.6 is 15.9 Å². The molecule has 1 N–H and O–H groups in total. The van der Waals surface area contributed by atoms with E-state index in [1.807, 2.05) is 17.9 Å². The molecule has 2 aromatic rings. The lowest BCUT2D eigenvalue weighted by atomic mass is 9.93. The zero-order valence-corrected chi connectivity index (χ0v) is 14.0. The fraction of sp³-hybridized carbons (Fsp3) is 0.471. The van der Waals surface area contributed by atoms with Crippen LogP contribution in [0.2, 0.25) is 0 Å². The first-order valence-electron chi connectivity index (χ1n) is 7.67. The predicted molar refractivity (Wildman–Crippen MR) is 89.4 cm³/mol. The van der Waals surface area contributed by atoms with Gasteiger partial charge in [-0.25, -0.2) is 0 Å². The Hall–Kier alpha value is -1.13. The summed E-state index contributed by atoms with van der Waals surface area (Å²) >= 11 is 3.52. The molecule has 3 nitrogen and oxygen atoms in total. The molecule has 1 aliphatic rings. The number of nitrogens with one attached hydrogen (secondary N) is 1. The van der Waals surface area contributed by atoms with Crippen LogP contribution in [0.25, 0.3) is 0 Å². The molecule has 0 amide bonds. The normalized spacial score (nSPS) is 16.1. The molecule has 1 atom stereocenters. The van der Waals surface area contributed by atoms with Crippen molar-refractivity contribution in [2.24, 2.45) is 7.05 Å². The molecule has 0 bridgehead atoms. The van der Waals surface area contributed by atoms with Crippen LogP contribution in [-0.4, -0.2) is 22.4 Å². The van der Waals surface area contributed by atoms with Gasteiger partial charge in [0.15, 0.2) is 0 Å². The van der Waals surface area contributed by atoms with E-state index in [1.165, 1.54) is 24.0 Å². The summed E-state index contributed by atoms with van der Waals surface area (Å²) < 4.78 is 3.03. The smallest absolute Gasteiger partial charge is 0.0521 e. The SMILES string of the molecule is Cn1cc(CCC(CNC2CC2)c2ccc(Br)cc2)cn1. The van der Waals surface area contributed by atoms with Gasteiger partial charge >= 0.3 is 0 Å². The number of hydrogen-bond acceptors (Lipinski definition) is 2. The lowest BCUT2D eigenvalue weighted by Gasteiger charge is -2.18. The van der Waals surface area contributed by atoms with E-state index >= 15 is 0 Å². The standard InChI is InChI=1S/C17H22BrN3/c1-21-12-13(10-20-21)2-3-15(11-19-17-8-9-17)14-4-6-16(18)7-5-14/h4-7,10,12,15,17,19H,2-3,8-9,11H2,1H3. The van der Waals surface area contributed by atoms with E-state index < -0.39 is 0 Å². The molecule has 1 heterocycles. The van der Waals surface area contributed by atoms with Crippen LogP contribution in [-0.2, 0) is 13.5 Å². The number of aromatic nitrogens is 2. The maximum Gasteiger partial charge on any atom is 0.0521 e. The molecule has 1 aliphatic carbocycles. The number of halogens is 1. The minimum absolute atomic E-state index is 0.568. The predicted octanol–water partition coefficient (Wildman–Crippen LogP) is 3.65. The third kappa shape index (κ3) is 4.42. The highest BCUT2D eigenvalue weighted by atomic mass is 79.9. The summed E-state index contributed by atoms with van der Waals surface area (Å²) in [6.45, 7) is 1.08. The molecule has 0 radical (unpaired) electrons. The van der Waals surface area contributed by atoms with Gasteiger partial charge in [0.05, 0.1) is 6.20 Å². The molecule has 112 valence electrons. The highest BCUT2D eigenvalue weighted by Crippen LogP contribution is 2.25. The molecule has 4 heteroatoms. The van der Waals surface area contributed by atoms with E-state index in [9.17, 15) is 0 Å². The summed E-state index contributed by atoms with van der Waals surface area (Å²) in [7, 11) is 1.98. The van der Waals surface area contributed by atoms with Crippen LogP contribution in [0.4, 0.5) is 0 Å². The number of hydrogen-bond donors (Lipinski definition) is 1. The van der Waals surface area contributed by atoms with Crippen LogP contribution in [0.15, 0.2) is 41.1 Å². The average Bonchev–Trinajstić information content (AvgIpc) is 3.22. The van der Waals surface area contributed by atoms with Gasteiger partial charge in [-0.3, -0.25) is 4.68 Å². The third-order valence-electron chi connectivity index (χ3n) is 4.11. The van der Waals surface area contributed by atoms with Crippen LogP contribution in [0.1, 0.15) is 36.3 Å². The van der Waals surface area contributed by atoms with Crippen molar-refractivity contribution in [2.45, 2.75) is 37.6 Å². The topological polar surface area (TPSA) is 29.9 Å². The van der Waals surface area contributed by atoms with Crippen molar-refractivity contribution < 1.29 is 0 Å². The molecule has 1 aromatic heterocycles. The second kappa shape index (κ2) is 6.75. The summed E-state index contributed by atoms with van der Waals surface area (Å²) in [5, 5.41) is 7.94. The van der Waals surface area contributed by atoms with Gasteiger partial charge in [0, 0.05) is 30.3 Å². The Morgan fingerprint density at radius 2 is 2.10 bits per heavy atom. The van der Waals surface area contributed by atoms with Crippen molar-refractivity contribution in [3.63, 3.8) is 0 Å². The maximum absolute atomic E-state index is 4.26. The van der Waals surface area contributed by atoms with Crippen LogP contribution < -0.4 is 5.32 Å². The maximum atomic E-state index is 4.26. The molecule has 1 saturated carbocycles. The van der Waals surface area contributed by atoms with E-state index in [2.05, 4.69) is 56.8 Å². The monoisotopic (exact) mass is 347 g/mol. The summed E-state index contributed by atoms with van der Waals surface area (Å²) in [6.07, 6.45) is 9.03. The van der Waals surface area contributed by atoms with E-state index in [-0.39, 0.29) is 0 Å². The Labute approximate surface area is 134 Å². The van der Waals surface area contributed by atoms with Crippen molar-refractivity contribution in [3.8, 4) is 0 Å². The summed E-state index contributed by atoms with van der Waals surface area (Å²) in [5.41, 5.74) is 2.75. The molecule has 21 heavy (non-hydrogen) atoms. The molecule has 3 rings (SSSR count). The van der Waals surface area contributed by atoms with Gasteiger partial charge in [-0.2, -0.15) is 5.10 Å². The zero-order chi connectivity index (χ0) is 14.7. The van der Waals surface area contributed by atoms with Gasteiger partial charge in [0.2, 0.25) is 0 Å². The highest BCUT2D eigenvalue weighted by Gasteiger charge is 2.22. The largest absolute Gasteiger partial charge is 0.313 e. The average molecular weight is 348 g/mol. The fourth-order valence-corrected chi connectivity index (χ4v) is 2.92. The van der Waals surface area contributed by atoms with Crippen molar-refractivity contribution in [3.05, 3.63) is 52.3 Å². The third-order valence-corrected chi connectivity index (χ3v) is 4.64. The number of aryl methyl sites for hydroxylation is 2. The van der Waals surface area contributed by atoms with Crippen molar-refractivity contribution in [2.75, 3.05) is 6.54 Å². The van der Waals surface area contributed by atoms with Gasteiger partial charge in [0.25, 0.3) is 0 Å². The van der Waals surface area contributed by atoms with E-state index in [1.54, 1.807) is 0 Å². The molecule has 0 spiro atoms. The van der Waals surface area contributed by atoms with Crippen LogP contribution in [0.5, 0.6) is 0 Å². The molecular formula is C17H22BrN3. The first kappa shape index (κ1) is 14.8. The number of nitrogens with zero attached hydrogens (tertiary/aromatic N) is 2. The number of benzene rings is 1. The van der Waals surface area contributed by atoms with Crippen LogP contribution in [0, 0.1) is 0 Å². The molecule has 1 fully saturated rings. The van der Waals surface area contributed by atoms with Crippen molar-refractivity contribution >= 4 is 15.9 Å². The lowest BCUT2D eigenvalue weighted by Crippen LogP contribution is -2.24. The van der Waals surface area contributed by atoms with Crippen LogP contribution in [0.3, 0.4) is 0 Å². The number of rotatable bonds is 7. The Bertz CT molecular complexity index is 572. The van der Waals surface area contributed by atoms with Crippen molar-refractivity contribution in [1.29, 1.82) is 0 Å². The first-order chi connectivity index (χ1) is 10.2. The van der Waals surface area contributed by atoms with Gasteiger partial charge < -0.3 is 5.32 Å². The fourth-order valence-electron chi connectivity index (χ4n) is 2.66. The van der Waals surface area contributed by atoms with Crippen molar-refractivity contribution in [1.82, 2.24) is 15.1 Å². The first-order valence-corrected chi connectivity index (χ1v) is 8.46. The van der Waals surface area contributed by atoms with Gasteiger partial charge in [-0.05, 0) is 54.9 Å². The van der Waals surface area contributed by atoms with E-state index in [0.29, 0.717) is 5.92 Å². The molecular weight excluding hydrogens is 326 g/mol. The second-order valence-corrected chi connectivity index (χ2v) is 6.91. The lowest BCUT2D eigenvalue weighted by molar-refractivity contribution is 0.548. The zero-order valence-electron chi connectivity index (χ0n) is 12.4. The summed E-state index contributed by atoms with van der Waals surface area (Å²) in [4.78, 5) is 0. The summed E-state index contributed by atoms with van der Waals surface area (Å²) in [6, 6.07) is 9.54. The Morgan fingerprint density at radius 3 is 2.71 bits per heavy atom.